The van der Waals surface area contributed by atoms with Crippen LogP contribution in [0.15, 0.2) is 0 Å². The third-order valence-corrected chi connectivity index (χ3v) is 1.41. The number of carbonyl (C=O) groups is 1. The molecule has 14 heavy (non-hydrogen) atoms. The molecule has 2 saturated heterocycles. The fraction of sp³-hybridized carbons (Fsp3) is 0.857. The van der Waals surface area contributed by atoms with Crippen molar-refractivity contribution >= 4 is 43.9 Å². The molecule has 0 N–H and O–H groups in total. The molecule has 76 valence electrons. The molecular formula is C7H10CaO6. The molecule has 0 aromatic rings. The first-order chi connectivity index (χ1) is 6.18. The van der Waals surface area contributed by atoms with Gasteiger partial charge < -0.3 is 29.2 Å². The molecule has 2 unspecified atom stereocenters. The van der Waals surface area contributed by atoms with E-state index in [2.05, 4.69) is 0 Å². The zero-order valence-corrected chi connectivity index (χ0v) is 9.85. The van der Waals surface area contributed by atoms with E-state index in [4.69, 9.17) is 29.2 Å². The van der Waals surface area contributed by atoms with Crippen molar-refractivity contribution in [2.75, 3.05) is 26.4 Å². The van der Waals surface area contributed by atoms with Gasteiger partial charge in [-0.15, -0.1) is 0 Å². The zero-order valence-electron chi connectivity index (χ0n) is 7.64. The van der Waals surface area contributed by atoms with E-state index in [9.17, 15) is 0 Å². The molecule has 2 atom stereocenters. The molecule has 0 spiro atoms. The monoisotopic (exact) mass is 230 g/mol. The van der Waals surface area contributed by atoms with Gasteiger partial charge in [-0.05, 0) is 6.16 Å². The predicted molar refractivity (Wildman–Crippen MR) is 41.4 cm³/mol. The second kappa shape index (κ2) is 7.67. The summed E-state index contributed by atoms with van der Waals surface area (Å²) in [5.74, 6) is 0. The van der Waals surface area contributed by atoms with Gasteiger partial charge in [-0.2, -0.15) is 0 Å². The Morgan fingerprint density at radius 1 is 1.21 bits per heavy atom. The van der Waals surface area contributed by atoms with Gasteiger partial charge in [0.2, 0.25) is 0 Å². The zero-order chi connectivity index (χ0) is 9.68. The number of carboxylic acid groups (broad SMARTS) is 2. The second-order valence-corrected chi connectivity index (χ2v) is 2.70. The van der Waals surface area contributed by atoms with E-state index >= 15 is 0 Å². The van der Waals surface area contributed by atoms with E-state index in [0.717, 1.165) is 26.4 Å². The third-order valence-electron chi connectivity index (χ3n) is 1.41. The number of ether oxygens (including phenoxy) is 3. The molecule has 6 nitrogen and oxygen atoms in total. The molecule has 2 aliphatic rings. The smallest absolute Gasteiger partial charge is 0.652 e. The first-order valence-electron chi connectivity index (χ1n) is 3.87. The van der Waals surface area contributed by atoms with Gasteiger partial charge in [0.05, 0.1) is 26.4 Å². The van der Waals surface area contributed by atoms with E-state index in [1.807, 2.05) is 0 Å². The molecule has 0 aliphatic carbocycles. The molecule has 2 rings (SSSR count). The average molecular weight is 230 g/mol. The van der Waals surface area contributed by atoms with Crippen LogP contribution in [-0.2, 0) is 14.2 Å². The van der Waals surface area contributed by atoms with Crippen molar-refractivity contribution < 1.29 is 29.2 Å². The minimum Gasteiger partial charge on any atom is -0.652 e. The molecule has 0 saturated carbocycles. The van der Waals surface area contributed by atoms with Crippen molar-refractivity contribution in [2.45, 2.75) is 12.2 Å². The first-order valence-corrected chi connectivity index (χ1v) is 3.87. The molecule has 2 fully saturated rings. The van der Waals surface area contributed by atoms with Crippen molar-refractivity contribution in [3.63, 3.8) is 0 Å². The average Bonchev–Trinajstić information content (AvgIpc) is 2.78. The Morgan fingerprint density at radius 3 is 1.71 bits per heavy atom. The Morgan fingerprint density at radius 2 is 1.50 bits per heavy atom. The molecule has 0 amide bonds. The Balaban J connectivity index is 0.000000299. The van der Waals surface area contributed by atoms with Gasteiger partial charge in [0.1, 0.15) is 12.2 Å². The van der Waals surface area contributed by atoms with Crippen LogP contribution in [0.25, 0.3) is 0 Å². The quantitative estimate of drug-likeness (QED) is 0.376. The van der Waals surface area contributed by atoms with Crippen molar-refractivity contribution in [2.24, 2.45) is 0 Å². The third kappa shape index (κ3) is 10.5. The van der Waals surface area contributed by atoms with Crippen LogP contribution in [0.2, 0.25) is 0 Å². The van der Waals surface area contributed by atoms with Crippen molar-refractivity contribution in [3.05, 3.63) is 0 Å². The van der Waals surface area contributed by atoms with Crippen LogP contribution in [0.1, 0.15) is 0 Å². The minimum atomic E-state index is -2.33. The maximum absolute atomic E-state index is 8.33. The number of rotatable bonds is 4. The second-order valence-electron chi connectivity index (χ2n) is 2.70. The molecule has 0 aromatic carbocycles. The van der Waals surface area contributed by atoms with Crippen LogP contribution < -0.4 is 10.2 Å². The topological polar surface area (TPSA) is 97.5 Å². The normalized spacial score (nSPS) is 26.6. The van der Waals surface area contributed by atoms with Gasteiger partial charge in [-0.1, -0.05) is 0 Å². The fourth-order valence-corrected chi connectivity index (χ4v) is 0.659. The maximum Gasteiger partial charge on any atom is 2.00 e. The molecular weight excluding hydrogens is 220 g/mol. The molecule has 2 heterocycles. The summed E-state index contributed by atoms with van der Waals surface area (Å²) >= 11 is 0. The number of hydrogen-bond acceptors (Lipinski definition) is 6. The van der Waals surface area contributed by atoms with Crippen LogP contribution in [0.5, 0.6) is 0 Å². The number of hydrogen-bond donors (Lipinski definition) is 0. The summed E-state index contributed by atoms with van der Waals surface area (Å²) in [6.45, 7) is 3.26. The Labute approximate surface area is 111 Å². The molecule has 2 aliphatic heterocycles. The summed E-state index contributed by atoms with van der Waals surface area (Å²) in [5.41, 5.74) is 0. The fourth-order valence-electron chi connectivity index (χ4n) is 0.659. The van der Waals surface area contributed by atoms with Gasteiger partial charge in [0, 0.05) is 0 Å². The summed E-state index contributed by atoms with van der Waals surface area (Å²) in [6, 6.07) is 0. The van der Waals surface area contributed by atoms with E-state index in [1.54, 1.807) is 0 Å². The van der Waals surface area contributed by atoms with Gasteiger partial charge in [0.25, 0.3) is 0 Å². The van der Waals surface area contributed by atoms with Crippen molar-refractivity contribution in [1.29, 1.82) is 0 Å². The van der Waals surface area contributed by atoms with Crippen LogP contribution in [0.3, 0.4) is 0 Å². The van der Waals surface area contributed by atoms with Gasteiger partial charge >= 0.3 is 37.7 Å². The Hall–Kier alpha value is 0.410. The largest absolute Gasteiger partial charge is 2.00 e. The molecule has 7 heteroatoms. The Kier molecular flexibility index (Phi) is 7.89. The standard InChI is InChI=1S/C6H10O3.CH2O3.Ca/c1(5-3-8-5)7-2-6-4-9-6;2-1(3)4;/h5-6H,1-4H2;(H2,2,3,4);/q;;+2/p-2. The van der Waals surface area contributed by atoms with Gasteiger partial charge in [-0.3, -0.25) is 0 Å². The Bertz CT molecular complexity index is 152. The number of carbonyl (C=O) groups excluding carboxylic acids is 1. The summed E-state index contributed by atoms with van der Waals surface area (Å²) in [5, 5.41) is 16.7. The summed E-state index contributed by atoms with van der Waals surface area (Å²) < 4.78 is 15.1. The molecule has 0 bridgehead atoms. The predicted octanol–water partition coefficient (Wildman–Crippen LogP) is -3.03. The van der Waals surface area contributed by atoms with E-state index in [-0.39, 0.29) is 37.7 Å². The molecule has 0 radical (unpaired) electrons. The van der Waals surface area contributed by atoms with E-state index < -0.39 is 6.16 Å². The van der Waals surface area contributed by atoms with E-state index in [1.165, 1.54) is 0 Å². The van der Waals surface area contributed by atoms with Crippen molar-refractivity contribution in [3.8, 4) is 0 Å². The summed E-state index contributed by atoms with van der Waals surface area (Å²) in [4.78, 5) is 8.33. The van der Waals surface area contributed by atoms with Gasteiger partial charge in [0.15, 0.2) is 0 Å². The maximum atomic E-state index is 8.33. The van der Waals surface area contributed by atoms with Crippen LogP contribution in [-0.4, -0.2) is 82.5 Å². The van der Waals surface area contributed by atoms with Crippen LogP contribution >= 0.6 is 0 Å². The summed E-state index contributed by atoms with van der Waals surface area (Å²) in [6.07, 6.45) is -1.55. The minimum absolute atomic E-state index is 0. The summed E-state index contributed by atoms with van der Waals surface area (Å²) in [7, 11) is 0. The molecule has 0 aromatic heterocycles. The van der Waals surface area contributed by atoms with E-state index in [0.29, 0.717) is 12.2 Å². The first kappa shape index (κ1) is 14.4. The van der Waals surface area contributed by atoms with Crippen LogP contribution in [0, 0.1) is 0 Å². The number of epoxide rings is 2. The van der Waals surface area contributed by atoms with Gasteiger partial charge in [-0.25, -0.2) is 0 Å². The van der Waals surface area contributed by atoms with Crippen LogP contribution in [0.4, 0.5) is 4.79 Å². The SMILES string of the molecule is C(OCC1CO1)C1CO1.O=C([O-])[O-].[Ca+2]. The van der Waals surface area contributed by atoms with Crippen molar-refractivity contribution in [1.82, 2.24) is 0 Å².